The fourth-order valence-electron chi connectivity index (χ4n) is 5.57. The first-order valence-corrected chi connectivity index (χ1v) is 20.5. The van der Waals surface area contributed by atoms with Crippen molar-refractivity contribution in [2.24, 2.45) is 13.0 Å². The van der Waals surface area contributed by atoms with Crippen molar-refractivity contribution in [3.8, 4) is 0 Å². The Balaban J connectivity index is 0. The fraction of sp³-hybridized carbons (Fsp3) is 0.605. The lowest BCUT2D eigenvalue weighted by Gasteiger charge is -2.38. The zero-order valence-electron chi connectivity index (χ0n) is 36.5. The summed E-state index contributed by atoms with van der Waals surface area (Å²) < 4.78 is 13.0. The van der Waals surface area contributed by atoms with Gasteiger partial charge in [-0.15, -0.1) is 6.58 Å². The van der Waals surface area contributed by atoms with E-state index in [1.165, 1.54) is 0 Å². The van der Waals surface area contributed by atoms with Crippen molar-refractivity contribution in [2.75, 3.05) is 39.4 Å². The van der Waals surface area contributed by atoms with Crippen LogP contribution in [0.25, 0.3) is 5.57 Å². The minimum atomic E-state index is -0.612. The summed E-state index contributed by atoms with van der Waals surface area (Å²) in [6, 6.07) is 4.65. The summed E-state index contributed by atoms with van der Waals surface area (Å²) in [5.41, 5.74) is 3.36. The summed E-state index contributed by atoms with van der Waals surface area (Å²) in [7, 11) is 1.88. The molecule has 0 aliphatic carbocycles. The summed E-state index contributed by atoms with van der Waals surface area (Å²) in [5, 5.41) is 16.7. The lowest BCUT2D eigenvalue weighted by Crippen LogP contribution is -2.46. The van der Waals surface area contributed by atoms with Crippen LogP contribution in [0.3, 0.4) is 0 Å². The Morgan fingerprint density at radius 3 is 2.18 bits per heavy atom. The van der Waals surface area contributed by atoms with Gasteiger partial charge >= 0.3 is 12.2 Å². The molecule has 0 saturated heterocycles. The van der Waals surface area contributed by atoms with Crippen molar-refractivity contribution >= 4 is 29.4 Å². The highest BCUT2D eigenvalue weighted by Crippen LogP contribution is 2.39. The van der Waals surface area contributed by atoms with Crippen LogP contribution >= 0.6 is 11.6 Å². The number of imidazole rings is 1. The Hall–Kier alpha value is -3.80. The Labute approximate surface area is 339 Å². The van der Waals surface area contributed by atoms with E-state index in [1.54, 1.807) is 17.4 Å². The maximum atomic E-state index is 13.2. The Kier molecular flexibility index (Phi) is 30.4. The van der Waals surface area contributed by atoms with E-state index in [2.05, 4.69) is 34.0 Å². The summed E-state index contributed by atoms with van der Waals surface area (Å²) >= 11 is 6.71. The zero-order chi connectivity index (χ0) is 42.5. The van der Waals surface area contributed by atoms with E-state index in [1.807, 2.05) is 137 Å². The number of likely N-dealkylation sites (N-methyl/N-ethyl adjacent to an activating group) is 2. The highest BCUT2D eigenvalue weighted by atomic mass is 35.5. The third-order valence-corrected chi connectivity index (χ3v) is 8.53. The molecule has 4 atom stereocenters. The number of halogens is 1. The van der Waals surface area contributed by atoms with Crippen LogP contribution in [0.2, 0.25) is 5.02 Å². The molecule has 0 saturated carbocycles. The van der Waals surface area contributed by atoms with Crippen LogP contribution in [-0.2, 0) is 16.5 Å². The van der Waals surface area contributed by atoms with Crippen LogP contribution in [0.1, 0.15) is 125 Å². The molecule has 12 heteroatoms. The van der Waals surface area contributed by atoms with Crippen molar-refractivity contribution in [2.45, 2.75) is 121 Å². The Morgan fingerprint density at radius 2 is 1.71 bits per heavy atom. The van der Waals surface area contributed by atoms with Gasteiger partial charge < -0.3 is 34.7 Å². The number of carbonyl (C=O) groups excluding carboxylic acids is 2. The topological polar surface area (TPSA) is 121 Å². The molecule has 1 heterocycles. The minimum absolute atomic E-state index is 0.177. The van der Waals surface area contributed by atoms with Gasteiger partial charge in [-0.1, -0.05) is 105 Å². The SMILES string of the molecule is C=CC(N/C=C\C)[C@H](c1ccc(Cl)cc1/C(=C\C)[C@@H](NC(=O)OCC(C)C)c1cncn1C)N(CC)CCN(CC)C(=O)O[C@@H](CC)CO.CC.CC.CC. The van der Waals surface area contributed by atoms with Crippen LogP contribution in [0.4, 0.5) is 9.59 Å². The summed E-state index contributed by atoms with van der Waals surface area (Å²) in [6.07, 6.45) is 10.1. The van der Waals surface area contributed by atoms with Gasteiger partial charge in [0.25, 0.3) is 0 Å². The molecule has 2 amide bonds. The van der Waals surface area contributed by atoms with Gasteiger partial charge in [0.1, 0.15) is 6.10 Å². The van der Waals surface area contributed by atoms with Gasteiger partial charge in [0.15, 0.2) is 0 Å². The van der Waals surface area contributed by atoms with E-state index in [0.29, 0.717) is 37.6 Å². The number of amides is 2. The van der Waals surface area contributed by atoms with Gasteiger partial charge in [-0.05, 0) is 74.7 Å². The number of aliphatic hydroxyl groups excluding tert-OH is 1. The van der Waals surface area contributed by atoms with E-state index in [-0.39, 0.29) is 31.2 Å². The fourth-order valence-corrected chi connectivity index (χ4v) is 5.75. The number of nitrogens with one attached hydrogen (secondary N) is 2. The molecule has 0 bridgehead atoms. The van der Waals surface area contributed by atoms with Crippen LogP contribution in [0.5, 0.6) is 0 Å². The predicted molar refractivity (Wildman–Crippen MR) is 231 cm³/mol. The number of allylic oxidation sites excluding steroid dienone is 2. The Morgan fingerprint density at radius 1 is 1.05 bits per heavy atom. The first kappa shape index (κ1) is 53.3. The van der Waals surface area contributed by atoms with Crippen molar-refractivity contribution in [3.63, 3.8) is 0 Å². The molecule has 0 radical (unpaired) electrons. The number of nitrogens with zero attached hydrogens (tertiary/aromatic N) is 4. The number of hydrogen-bond acceptors (Lipinski definition) is 8. The number of alkyl carbamates (subject to hydrolysis) is 1. The molecular weight excluding hydrogens is 716 g/mol. The quantitative estimate of drug-likeness (QED) is 0.113. The molecule has 0 aliphatic heterocycles. The second-order valence-corrected chi connectivity index (χ2v) is 12.6. The largest absolute Gasteiger partial charge is 0.449 e. The zero-order valence-corrected chi connectivity index (χ0v) is 37.2. The Bertz CT molecular complexity index is 1390. The number of rotatable bonds is 20. The molecule has 0 fully saturated rings. The number of aromatic nitrogens is 2. The maximum Gasteiger partial charge on any atom is 0.410 e. The lowest BCUT2D eigenvalue weighted by atomic mass is 9.86. The molecule has 1 aromatic heterocycles. The number of aliphatic hydroxyl groups is 1. The standard InChI is InChI=1S/C37H57ClN6O5.3C2H6/c1-10-18-40-32(13-4)35(43(14-5)19-20-44(15-6)37(47)49-28(11-2)23-45)30-17-16-27(38)21-31(30)29(12-3)34(33-22-39-25-42(33)9)41-36(46)48-24-26(7)8;3*1-2/h10,12-13,16-18,21-22,25-26,28,32,34-35,40,45H,4,11,14-15,19-20,23-24H2,1-3,5-9H3,(H,41,46);3*1-2H3/b18-10-,29-12+;;;/t28-,32?,34+,35-;;;/m0.../s1. The summed E-state index contributed by atoms with van der Waals surface area (Å²) in [4.78, 5) is 34.5. The molecule has 1 aromatic carbocycles. The van der Waals surface area contributed by atoms with Crippen molar-refractivity contribution in [1.29, 1.82) is 0 Å². The van der Waals surface area contributed by atoms with Crippen LogP contribution in [0.15, 0.2) is 61.7 Å². The summed E-state index contributed by atoms with van der Waals surface area (Å²) in [5.74, 6) is 0.177. The van der Waals surface area contributed by atoms with Crippen LogP contribution in [0, 0.1) is 5.92 Å². The third-order valence-electron chi connectivity index (χ3n) is 8.30. The van der Waals surface area contributed by atoms with Gasteiger partial charge in [0, 0.05) is 31.7 Å². The molecule has 55 heavy (non-hydrogen) atoms. The van der Waals surface area contributed by atoms with E-state index < -0.39 is 24.3 Å². The van der Waals surface area contributed by atoms with Gasteiger partial charge in [-0.25, -0.2) is 14.6 Å². The maximum absolute atomic E-state index is 13.2. The molecule has 3 N–H and O–H groups in total. The van der Waals surface area contributed by atoms with Crippen LogP contribution in [-0.4, -0.2) is 88.2 Å². The average molecular weight is 792 g/mol. The second kappa shape index (κ2) is 31.4. The molecule has 11 nitrogen and oxygen atoms in total. The van der Waals surface area contributed by atoms with Gasteiger partial charge in [0.2, 0.25) is 0 Å². The van der Waals surface area contributed by atoms with Crippen molar-refractivity contribution < 1.29 is 24.2 Å². The first-order valence-electron chi connectivity index (χ1n) is 20.1. The minimum Gasteiger partial charge on any atom is -0.449 e. The number of ether oxygens (including phenoxy) is 2. The smallest absolute Gasteiger partial charge is 0.410 e. The van der Waals surface area contributed by atoms with Gasteiger partial charge in [0.05, 0.1) is 49.6 Å². The third kappa shape index (κ3) is 17.7. The van der Waals surface area contributed by atoms with Gasteiger partial charge in [-0.2, -0.15) is 0 Å². The van der Waals surface area contributed by atoms with E-state index in [0.717, 1.165) is 22.4 Å². The predicted octanol–water partition coefficient (Wildman–Crippen LogP) is 9.95. The van der Waals surface area contributed by atoms with Crippen molar-refractivity contribution in [3.05, 3.63) is 83.6 Å². The van der Waals surface area contributed by atoms with E-state index >= 15 is 0 Å². The number of aryl methyl sites for hydroxylation is 1. The monoisotopic (exact) mass is 791 g/mol. The molecule has 2 aromatic rings. The molecule has 2 rings (SSSR count). The number of carbonyl (C=O) groups is 2. The highest BCUT2D eigenvalue weighted by molar-refractivity contribution is 6.30. The van der Waals surface area contributed by atoms with Crippen LogP contribution < -0.4 is 10.6 Å². The highest BCUT2D eigenvalue weighted by Gasteiger charge is 2.33. The van der Waals surface area contributed by atoms with Crippen molar-refractivity contribution in [1.82, 2.24) is 30.0 Å². The lowest BCUT2D eigenvalue weighted by molar-refractivity contribution is 0.0297. The van der Waals surface area contributed by atoms with E-state index in [4.69, 9.17) is 21.1 Å². The molecule has 0 aliphatic rings. The average Bonchev–Trinajstić information content (AvgIpc) is 3.64. The molecule has 314 valence electrons. The molecule has 0 spiro atoms. The number of hydrogen-bond donors (Lipinski definition) is 3. The molecular formula is C43H75ClN6O5. The first-order chi connectivity index (χ1) is 26.5. The normalized spacial score (nSPS) is 13.2. The number of benzene rings is 1. The summed E-state index contributed by atoms with van der Waals surface area (Å²) in [6.45, 7) is 31.9. The van der Waals surface area contributed by atoms with E-state index in [9.17, 15) is 14.7 Å². The molecule has 1 unspecified atom stereocenters. The second-order valence-electron chi connectivity index (χ2n) is 12.2. The van der Waals surface area contributed by atoms with Gasteiger partial charge in [-0.3, -0.25) is 4.90 Å².